The predicted octanol–water partition coefficient (Wildman–Crippen LogP) is 6.36. The van der Waals surface area contributed by atoms with Crippen LogP contribution in [0.15, 0.2) is 24.3 Å². The fraction of sp³-hybridized carbons (Fsp3) is 0.800. The maximum atomic E-state index is 11.4. The zero-order chi connectivity index (χ0) is 23.7. The molecule has 7 aliphatic rings. The minimum Gasteiger partial charge on any atom is -0.466 e. The van der Waals surface area contributed by atoms with Gasteiger partial charge in [-0.3, -0.25) is 9.59 Å². The van der Waals surface area contributed by atoms with E-state index in [1.165, 1.54) is 36.5 Å². The van der Waals surface area contributed by atoms with Crippen LogP contribution in [-0.2, 0) is 19.1 Å². The molecule has 5 fully saturated rings. The Labute approximate surface area is 205 Å². The average molecular weight is 469 g/mol. The maximum absolute atomic E-state index is 11.4. The maximum Gasteiger partial charge on any atom is 0.309 e. The second-order valence-corrected chi connectivity index (χ2v) is 11.9. The summed E-state index contributed by atoms with van der Waals surface area (Å²) in [6.07, 6.45) is 22.7. The first kappa shape index (κ1) is 24.1. The molecule has 10 unspecified atom stereocenters. The lowest BCUT2D eigenvalue weighted by Gasteiger charge is -2.23. The van der Waals surface area contributed by atoms with E-state index in [0.717, 1.165) is 12.8 Å². The van der Waals surface area contributed by atoms with Gasteiger partial charge in [0.1, 0.15) is 0 Å². The van der Waals surface area contributed by atoms with Gasteiger partial charge in [0.15, 0.2) is 0 Å². The highest BCUT2D eigenvalue weighted by atomic mass is 16.5. The molecule has 4 nitrogen and oxygen atoms in total. The molecule has 0 spiro atoms. The van der Waals surface area contributed by atoms with Gasteiger partial charge in [-0.1, -0.05) is 30.7 Å². The number of carbonyl (C=O) groups excluding carboxylic acids is 2. The monoisotopic (exact) mass is 468 g/mol. The van der Waals surface area contributed by atoms with Crippen LogP contribution in [0, 0.1) is 59.2 Å². The van der Waals surface area contributed by atoms with Crippen molar-refractivity contribution in [1.82, 2.24) is 0 Å². The Morgan fingerprint density at radius 2 is 1.12 bits per heavy atom. The van der Waals surface area contributed by atoms with Crippen LogP contribution in [0.1, 0.15) is 78.1 Å². The summed E-state index contributed by atoms with van der Waals surface area (Å²) in [7, 11) is 0. The van der Waals surface area contributed by atoms with Crippen molar-refractivity contribution < 1.29 is 19.1 Å². The van der Waals surface area contributed by atoms with Crippen LogP contribution in [0.5, 0.6) is 0 Å². The minimum absolute atomic E-state index is 0.00866. The zero-order valence-corrected chi connectivity index (χ0v) is 21.2. The predicted molar refractivity (Wildman–Crippen MR) is 133 cm³/mol. The van der Waals surface area contributed by atoms with Crippen LogP contribution in [0.3, 0.4) is 0 Å². The lowest BCUT2D eigenvalue weighted by Crippen LogP contribution is -2.21. The zero-order valence-electron chi connectivity index (χ0n) is 21.2. The molecule has 7 rings (SSSR count). The Morgan fingerprint density at radius 1 is 0.647 bits per heavy atom. The van der Waals surface area contributed by atoms with Crippen molar-refractivity contribution in [2.45, 2.75) is 78.1 Å². The van der Waals surface area contributed by atoms with E-state index in [9.17, 15) is 9.59 Å². The quantitative estimate of drug-likeness (QED) is 0.356. The molecule has 0 heterocycles. The SMILES string of the molecule is C1CC2C3CCC(C3)C2C1.CCOC(=O)C1CC2C=CC1C2.CCOC(=O)C1CC2C=CC1C2. The molecule has 0 radical (unpaired) electrons. The Morgan fingerprint density at radius 3 is 1.47 bits per heavy atom. The Bertz CT molecular complexity index is 736. The van der Waals surface area contributed by atoms with Crippen molar-refractivity contribution >= 4 is 11.9 Å². The first-order valence-electron chi connectivity index (χ1n) is 14.3. The molecule has 10 atom stereocenters. The highest BCUT2D eigenvalue weighted by Crippen LogP contribution is 2.58. The summed E-state index contributed by atoms with van der Waals surface area (Å²) >= 11 is 0. The summed E-state index contributed by atoms with van der Waals surface area (Å²) in [5, 5.41) is 0. The molecule has 34 heavy (non-hydrogen) atoms. The lowest BCUT2D eigenvalue weighted by atomic mass is 9.82. The van der Waals surface area contributed by atoms with E-state index < -0.39 is 0 Å². The standard InChI is InChI=1S/2C10H14O2.C10H16/c2*1-2-12-10(11)9-6-7-3-4-8(9)5-7;1-2-9-7-4-5-8(6-7)10(9)3-1/h2*3-4,7-9H,2,5-6H2,1H3;7-10H,1-6H2. The van der Waals surface area contributed by atoms with Crippen molar-refractivity contribution in [2.24, 2.45) is 59.2 Å². The summed E-state index contributed by atoms with van der Waals surface area (Å²) in [4.78, 5) is 22.8. The van der Waals surface area contributed by atoms with Gasteiger partial charge in [0, 0.05) is 0 Å². The fourth-order valence-corrected chi connectivity index (χ4v) is 8.62. The van der Waals surface area contributed by atoms with Crippen molar-refractivity contribution in [3.63, 3.8) is 0 Å². The summed E-state index contributed by atoms with van der Waals surface area (Å²) < 4.78 is 10.0. The van der Waals surface area contributed by atoms with Crippen LogP contribution in [0.4, 0.5) is 0 Å². The third kappa shape index (κ3) is 4.88. The first-order valence-corrected chi connectivity index (χ1v) is 14.3. The van der Waals surface area contributed by atoms with E-state index in [2.05, 4.69) is 24.3 Å². The molecule has 4 heteroatoms. The normalized spacial score (nSPS) is 43.2. The molecule has 0 aromatic rings. The van der Waals surface area contributed by atoms with Crippen molar-refractivity contribution in [3.8, 4) is 0 Å². The number of carbonyl (C=O) groups is 2. The highest BCUT2D eigenvalue weighted by molar-refractivity contribution is 5.74. The van der Waals surface area contributed by atoms with Gasteiger partial charge in [0.25, 0.3) is 0 Å². The van der Waals surface area contributed by atoms with E-state index >= 15 is 0 Å². The van der Waals surface area contributed by atoms with Crippen LogP contribution in [0.25, 0.3) is 0 Å². The van der Waals surface area contributed by atoms with Gasteiger partial charge >= 0.3 is 11.9 Å². The molecule has 0 aliphatic heterocycles. The molecule has 0 aromatic carbocycles. The largest absolute Gasteiger partial charge is 0.466 e. The molecule has 0 N–H and O–H groups in total. The van der Waals surface area contributed by atoms with Gasteiger partial charge in [-0.15, -0.1) is 0 Å². The van der Waals surface area contributed by atoms with Crippen molar-refractivity contribution in [3.05, 3.63) is 24.3 Å². The minimum atomic E-state index is 0.00866. The number of ether oxygens (including phenoxy) is 2. The molecule has 188 valence electrons. The topological polar surface area (TPSA) is 52.6 Å². The van der Waals surface area contributed by atoms with Crippen LogP contribution >= 0.6 is 0 Å². The average Bonchev–Trinajstić information content (AvgIpc) is 3.69. The van der Waals surface area contributed by atoms with Gasteiger partial charge in [-0.25, -0.2) is 0 Å². The second kappa shape index (κ2) is 10.6. The third-order valence-electron chi connectivity index (χ3n) is 10.1. The van der Waals surface area contributed by atoms with Crippen molar-refractivity contribution in [1.29, 1.82) is 0 Å². The van der Waals surface area contributed by atoms with Crippen LogP contribution in [-0.4, -0.2) is 25.2 Å². The lowest BCUT2D eigenvalue weighted by molar-refractivity contribution is -0.149. The van der Waals surface area contributed by atoms with E-state index in [-0.39, 0.29) is 23.8 Å². The molecular weight excluding hydrogens is 424 g/mol. The number of allylic oxidation sites excluding steroid dienone is 4. The number of hydrogen-bond acceptors (Lipinski definition) is 4. The Kier molecular flexibility index (Phi) is 7.51. The third-order valence-corrected chi connectivity index (χ3v) is 10.1. The van der Waals surface area contributed by atoms with E-state index in [1.54, 1.807) is 38.5 Å². The molecular formula is C30H44O4. The number of rotatable bonds is 4. The van der Waals surface area contributed by atoms with Gasteiger partial charge in [-0.05, 0) is 119 Å². The molecule has 5 saturated carbocycles. The summed E-state index contributed by atoms with van der Waals surface area (Å²) in [6, 6.07) is 0. The highest BCUT2D eigenvalue weighted by Gasteiger charge is 2.49. The van der Waals surface area contributed by atoms with Gasteiger partial charge in [0.2, 0.25) is 0 Å². The van der Waals surface area contributed by atoms with Gasteiger partial charge in [-0.2, -0.15) is 0 Å². The number of fused-ring (bicyclic) bond motifs is 9. The smallest absolute Gasteiger partial charge is 0.309 e. The Hall–Kier alpha value is -1.58. The first-order chi connectivity index (χ1) is 16.6. The summed E-state index contributed by atoms with van der Waals surface area (Å²) in [5.41, 5.74) is 0. The number of hydrogen-bond donors (Lipinski definition) is 0. The van der Waals surface area contributed by atoms with E-state index in [1.807, 2.05) is 13.8 Å². The fourth-order valence-electron chi connectivity index (χ4n) is 8.62. The van der Waals surface area contributed by atoms with Crippen LogP contribution in [0.2, 0.25) is 0 Å². The van der Waals surface area contributed by atoms with E-state index in [4.69, 9.17) is 9.47 Å². The summed E-state index contributed by atoms with van der Waals surface area (Å²) in [6.45, 7) is 4.74. The molecule has 7 aliphatic carbocycles. The second-order valence-electron chi connectivity index (χ2n) is 11.9. The van der Waals surface area contributed by atoms with Gasteiger partial charge < -0.3 is 9.47 Å². The van der Waals surface area contributed by atoms with Crippen LogP contribution < -0.4 is 0 Å². The van der Waals surface area contributed by atoms with Crippen molar-refractivity contribution in [2.75, 3.05) is 13.2 Å². The molecule has 6 bridgehead atoms. The molecule has 0 aromatic heterocycles. The molecule has 0 saturated heterocycles. The van der Waals surface area contributed by atoms with Gasteiger partial charge in [0.05, 0.1) is 25.0 Å². The Balaban J connectivity index is 0.000000107. The molecule has 0 amide bonds. The van der Waals surface area contributed by atoms with E-state index in [0.29, 0.717) is 36.9 Å². The number of esters is 2. The summed E-state index contributed by atoms with van der Waals surface area (Å²) in [5.74, 6) is 7.42.